The lowest BCUT2D eigenvalue weighted by atomic mass is 10.2. The van der Waals surface area contributed by atoms with Gasteiger partial charge in [-0.15, -0.1) is 11.3 Å². The second-order valence-electron chi connectivity index (χ2n) is 5.31. The Bertz CT molecular complexity index is 854. The Kier molecular flexibility index (Phi) is 5.52. The number of aromatic nitrogens is 1. The predicted octanol–water partition coefficient (Wildman–Crippen LogP) is 3.84. The van der Waals surface area contributed by atoms with Gasteiger partial charge >= 0.3 is 5.97 Å². The van der Waals surface area contributed by atoms with Gasteiger partial charge in [-0.25, -0.2) is 13.4 Å². The smallest absolute Gasteiger partial charge is 0.303 e. The number of rotatable bonds is 5. The van der Waals surface area contributed by atoms with Crippen molar-refractivity contribution in [2.24, 2.45) is 0 Å². The van der Waals surface area contributed by atoms with Gasteiger partial charge in [0.25, 0.3) is 10.0 Å². The van der Waals surface area contributed by atoms with Crippen LogP contribution in [-0.2, 0) is 19.6 Å². The number of esters is 1. The molecule has 0 bridgehead atoms. The molecular formula is C15H17ClN2O4S2. The number of hydrogen-bond acceptors (Lipinski definition) is 6. The number of benzene rings is 1. The normalized spacial score (nSPS) is 12.7. The minimum absolute atomic E-state index is 0.117. The van der Waals surface area contributed by atoms with E-state index in [1.165, 1.54) is 19.1 Å². The number of carbonyl (C=O) groups is 1. The van der Waals surface area contributed by atoms with Crippen molar-refractivity contribution in [1.29, 1.82) is 0 Å². The number of nitrogens with zero attached hydrogens (tertiary/aromatic N) is 1. The zero-order valence-electron chi connectivity index (χ0n) is 13.6. The molecule has 130 valence electrons. The number of anilines is 1. The summed E-state index contributed by atoms with van der Waals surface area (Å²) in [6.45, 7) is 6.46. The third-order valence-corrected chi connectivity index (χ3v) is 6.04. The van der Waals surface area contributed by atoms with Gasteiger partial charge in [0.1, 0.15) is 6.10 Å². The van der Waals surface area contributed by atoms with Gasteiger partial charge in [0.05, 0.1) is 10.6 Å². The van der Waals surface area contributed by atoms with E-state index in [1.54, 1.807) is 26.2 Å². The van der Waals surface area contributed by atoms with Crippen molar-refractivity contribution in [2.45, 2.75) is 38.7 Å². The second kappa shape index (κ2) is 7.08. The van der Waals surface area contributed by atoms with Gasteiger partial charge in [-0.1, -0.05) is 11.6 Å². The van der Waals surface area contributed by atoms with Gasteiger partial charge in [0.2, 0.25) is 0 Å². The molecule has 1 unspecified atom stereocenters. The highest BCUT2D eigenvalue weighted by atomic mass is 35.5. The third-order valence-electron chi connectivity index (χ3n) is 3.22. The number of hydrogen-bond donors (Lipinski definition) is 1. The van der Waals surface area contributed by atoms with Crippen molar-refractivity contribution in [1.82, 2.24) is 4.98 Å². The minimum Gasteiger partial charge on any atom is -0.456 e. The summed E-state index contributed by atoms with van der Waals surface area (Å²) in [5.74, 6) is -0.426. The molecule has 0 saturated heterocycles. The molecule has 1 aromatic heterocycles. The first-order chi connectivity index (χ1) is 11.1. The van der Waals surface area contributed by atoms with Gasteiger partial charge in [-0.2, -0.15) is 0 Å². The largest absolute Gasteiger partial charge is 0.456 e. The van der Waals surface area contributed by atoms with E-state index in [4.69, 9.17) is 16.3 Å². The SMILES string of the molecule is CC(=O)OC(C)c1csc(NS(=O)(=O)c2cc(C)c(Cl)c(C)c2)n1. The van der Waals surface area contributed by atoms with E-state index < -0.39 is 22.1 Å². The molecule has 1 N–H and O–H groups in total. The maximum absolute atomic E-state index is 12.5. The van der Waals surface area contributed by atoms with Crippen LogP contribution in [0.1, 0.15) is 36.8 Å². The van der Waals surface area contributed by atoms with Crippen molar-refractivity contribution >= 4 is 44.1 Å². The Morgan fingerprint density at radius 1 is 1.33 bits per heavy atom. The number of carbonyl (C=O) groups excluding carboxylic acids is 1. The highest BCUT2D eigenvalue weighted by Gasteiger charge is 2.20. The van der Waals surface area contributed by atoms with Crippen LogP contribution < -0.4 is 4.72 Å². The third kappa shape index (κ3) is 4.25. The number of aryl methyl sites for hydroxylation is 2. The van der Waals surface area contributed by atoms with E-state index in [2.05, 4.69) is 9.71 Å². The summed E-state index contributed by atoms with van der Waals surface area (Å²) in [5.41, 5.74) is 1.84. The Hall–Kier alpha value is -1.64. The molecule has 0 radical (unpaired) electrons. The lowest BCUT2D eigenvalue weighted by Crippen LogP contribution is -2.13. The monoisotopic (exact) mass is 388 g/mol. The second-order valence-corrected chi connectivity index (χ2v) is 8.22. The van der Waals surface area contributed by atoms with Crippen LogP contribution in [0.15, 0.2) is 22.4 Å². The quantitative estimate of drug-likeness (QED) is 0.786. The summed E-state index contributed by atoms with van der Waals surface area (Å²) >= 11 is 7.19. The average molecular weight is 389 g/mol. The molecule has 0 amide bonds. The molecule has 0 saturated carbocycles. The Balaban J connectivity index is 2.24. The van der Waals surface area contributed by atoms with E-state index >= 15 is 0 Å². The van der Waals surface area contributed by atoms with Gasteiger partial charge in [-0.05, 0) is 44.0 Å². The molecule has 1 aromatic carbocycles. The van der Waals surface area contributed by atoms with E-state index in [1.807, 2.05) is 0 Å². The number of sulfonamides is 1. The van der Waals surface area contributed by atoms with Crippen molar-refractivity contribution in [3.63, 3.8) is 0 Å². The van der Waals surface area contributed by atoms with Gasteiger partial charge in [0, 0.05) is 17.3 Å². The molecule has 0 spiro atoms. The maximum Gasteiger partial charge on any atom is 0.303 e. The zero-order chi connectivity index (χ0) is 18.1. The fourth-order valence-electron chi connectivity index (χ4n) is 2.06. The highest BCUT2D eigenvalue weighted by molar-refractivity contribution is 7.93. The fourth-order valence-corrected chi connectivity index (χ4v) is 4.39. The van der Waals surface area contributed by atoms with Gasteiger partial charge in [-0.3, -0.25) is 9.52 Å². The van der Waals surface area contributed by atoms with Crippen LogP contribution in [0.4, 0.5) is 5.13 Å². The Labute approximate surface area is 149 Å². The van der Waals surface area contributed by atoms with E-state index in [0.717, 1.165) is 11.3 Å². The number of halogens is 1. The van der Waals surface area contributed by atoms with E-state index in [9.17, 15) is 13.2 Å². The first kappa shape index (κ1) is 18.7. The van der Waals surface area contributed by atoms with E-state index in [-0.39, 0.29) is 10.0 Å². The van der Waals surface area contributed by atoms with E-state index in [0.29, 0.717) is 21.8 Å². The maximum atomic E-state index is 12.5. The van der Waals surface area contributed by atoms with Crippen LogP contribution in [-0.4, -0.2) is 19.4 Å². The molecule has 0 aliphatic carbocycles. The van der Waals surface area contributed by atoms with Gasteiger partial charge in [0.15, 0.2) is 5.13 Å². The molecule has 0 aliphatic heterocycles. The number of thiazole rings is 1. The van der Waals surface area contributed by atoms with Crippen molar-refractivity contribution in [3.8, 4) is 0 Å². The predicted molar refractivity (Wildman–Crippen MR) is 94.0 cm³/mol. The lowest BCUT2D eigenvalue weighted by molar-refractivity contribution is -0.145. The van der Waals surface area contributed by atoms with Crippen molar-refractivity contribution in [3.05, 3.63) is 39.4 Å². The molecule has 24 heavy (non-hydrogen) atoms. The molecule has 6 nitrogen and oxygen atoms in total. The van der Waals surface area contributed by atoms with Gasteiger partial charge < -0.3 is 4.74 Å². The van der Waals surface area contributed by atoms with Crippen molar-refractivity contribution < 1.29 is 17.9 Å². The first-order valence-electron chi connectivity index (χ1n) is 7.02. The van der Waals surface area contributed by atoms with Crippen LogP contribution in [0.5, 0.6) is 0 Å². The molecule has 0 aliphatic rings. The van der Waals surface area contributed by atoms with Crippen LogP contribution in [0.2, 0.25) is 5.02 Å². The lowest BCUT2D eigenvalue weighted by Gasteiger charge is -2.10. The molecule has 1 atom stereocenters. The molecular weight excluding hydrogens is 372 g/mol. The number of nitrogens with one attached hydrogen (secondary N) is 1. The zero-order valence-corrected chi connectivity index (χ0v) is 16.0. The Morgan fingerprint density at radius 2 is 1.92 bits per heavy atom. The summed E-state index contributed by atoms with van der Waals surface area (Å²) in [5, 5.41) is 2.39. The molecule has 2 rings (SSSR count). The average Bonchev–Trinajstić information content (AvgIpc) is 2.91. The molecule has 1 heterocycles. The summed E-state index contributed by atoms with van der Waals surface area (Å²) in [6, 6.07) is 3.02. The summed E-state index contributed by atoms with van der Waals surface area (Å²) < 4.78 is 32.5. The standard InChI is InChI=1S/C15H17ClN2O4S2/c1-8-5-12(6-9(2)14(8)16)24(20,21)18-15-17-13(7-23-15)10(3)22-11(4)19/h5-7,10H,1-4H3,(H,17,18). The fraction of sp³-hybridized carbons (Fsp3) is 0.333. The summed E-state index contributed by atoms with van der Waals surface area (Å²) in [4.78, 5) is 15.2. The molecule has 0 fully saturated rings. The van der Waals surface area contributed by atoms with Crippen molar-refractivity contribution in [2.75, 3.05) is 4.72 Å². The first-order valence-corrected chi connectivity index (χ1v) is 9.76. The van der Waals surface area contributed by atoms with Crippen LogP contribution in [0, 0.1) is 13.8 Å². The van der Waals surface area contributed by atoms with Crippen LogP contribution >= 0.6 is 22.9 Å². The summed E-state index contributed by atoms with van der Waals surface area (Å²) in [6.07, 6.45) is -0.544. The minimum atomic E-state index is -3.78. The Morgan fingerprint density at radius 3 is 2.46 bits per heavy atom. The molecule has 9 heteroatoms. The summed E-state index contributed by atoms with van der Waals surface area (Å²) in [7, 11) is -3.78. The topological polar surface area (TPSA) is 85.4 Å². The number of ether oxygens (including phenoxy) is 1. The van der Waals surface area contributed by atoms with Crippen LogP contribution in [0.25, 0.3) is 0 Å². The highest BCUT2D eigenvalue weighted by Crippen LogP contribution is 2.28. The van der Waals surface area contributed by atoms with Crippen LogP contribution in [0.3, 0.4) is 0 Å². The molecule has 2 aromatic rings.